The van der Waals surface area contributed by atoms with E-state index in [9.17, 15) is 18.0 Å². The average molecular weight is 403 g/mol. The molecule has 1 aromatic rings. The number of nitrogens with one attached hydrogen (secondary N) is 1. The fourth-order valence-electron chi connectivity index (χ4n) is 3.08. The third-order valence-corrected chi connectivity index (χ3v) is 6.11. The molecule has 1 fully saturated rings. The Kier molecular flexibility index (Phi) is 6.65. The minimum absolute atomic E-state index is 0.0116. The summed E-state index contributed by atoms with van der Waals surface area (Å²) in [6.45, 7) is 3.79. The summed E-state index contributed by atoms with van der Waals surface area (Å²) in [5, 5.41) is 7.94. The van der Waals surface area contributed by atoms with E-state index in [1.165, 1.54) is 12.1 Å². The maximum atomic E-state index is 12.1. The topological polar surface area (TPSA) is 116 Å². The predicted molar refractivity (Wildman–Crippen MR) is 97.2 cm³/mol. The van der Waals surface area contributed by atoms with Crippen molar-refractivity contribution in [2.45, 2.75) is 44.0 Å². The molecule has 0 spiro atoms. The van der Waals surface area contributed by atoms with Crippen LogP contribution in [0.3, 0.4) is 0 Å². The van der Waals surface area contributed by atoms with Gasteiger partial charge in [-0.25, -0.2) is 18.4 Å². The maximum absolute atomic E-state index is 12.1. The number of halogens is 1. The summed E-state index contributed by atoms with van der Waals surface area (Å²) in [5.41, 5.74) is -0.161. The van der Waals surface area contributed by atoms with E-state index >= 15 is 0 Å². The third kappa shape index (κ3) is 5.18. The van der Waals surface area contributed by atoms with Gasteiger partial charge in [0.1, 0.15) is 0 Å². The van der Waals surface area contributed by atoms with Crippen LogP contribution in [0, 0.1) is 11.8 Å². The Morgan fingerprint density at radius 3 is 2.65 bits per heavy atom. The zero-order chi connectivity index (χ0) is 19.5. The lowest BCUT2D eigenvalue weighted by atomic mass is 9.78. The molecular weight excluding hydrogens is 380 g/mol. The van der Waals surface area contributed by atoms with E-state index in [1.54, 1.807) is 0 Å². The minimum atomic E-state index is -3.98. The highest BCUT2D eigenvalue weighted by atomic mass is 35.5. The van der Waals surface area contributed by atoms with Gasteiger partial charge in [-0.15, -0.1) is 0 Å². The van der Waals surface area contributed by atoms with Gasteiger partial charge < -0.3 is 10.1 Å². The Bertz CT molecular complexity index is 796. The second kappa shape index (κ2) is 8.37. The van der Waals surface area contributed by atoms with Gasteiger partial charge in [-0.05, 0) is 36.5 Å². The molecule has 144 valence electrons. The van der Waals surface area contributed by atoms with Crippen LogP contribution in [-0.4, -0.2) is 32.9 Å². The first-order chi connectivity index (χ1) is 12.1. The number of nitrogens with two attached hydrogens (primary N) is 1. The van der Waals surface area contributed by atoms with Gasteiger partial charge in [0, 0.05) is 6.04 Å². The Balaban J connectivity index is 1.97. The summed E-state index contributed by atoms with van der Waals surface area (Å²) < 4.78 is 27.7. The number of rotatable bonds is 5. The van der Waals surface area contributed by atoms with Crippen molar-refractivity contribution in [2.75, 3.05) is 6.61 Å². The molecule has 2 rings (SSSR count). The molecule has 0 saturated heterocycles. The summed E-state index contributed by atoms with van der Waals surface area (Å²) >= 11 is 5.91. The van der Waals surface area contributed by atoms with E-state index in [-0.39, 0.29) is 21.5 Å². The monoisotopic (exact) mass is 402 g/mol. The molecule has 0 aliphatic heterocycles. The van der Waals surface area contributed by atoms with Crippen molar-refractivity contribution >= 4 is 33.5 Å². The Morgan fingerprint density at radius 1 is 1.31 bits per heavy atom. The number of sulfonamides is 1. The van der Waals surface area contributed by atoms with E-state index in [2.05, 4.69) is 19.2 Å². The van der Waals surface area contributed by atoms with E-state index in [0.29, 0.717) is 11.8 Å². The molecule has 0 radical (unpaired) electrons. The smallest absolute Gasteiger partial charge is 0.340 e. The predicted octanol–water partition coefficient (Wildman–Crippen LogP) is 2.09. The maximum Gasteiger partial charge on any atom is 0.340 e. The molecule has 1 saturated carbocycles. The molecule has 9 heteroatoms. The van der Waals surface area contributed by atoms with Crippen molar-refractivity contribution in [1.29, 1.82) is 0 Å². The number of benzene rings is 1. The number of amides is 1. The number of carbonyl (C=O) groups excluding carboxylic acids is 2. The molecule has 1 aliphatic rings. The molecule has 0 bridgehead atoms. The summed E-state index contributed by atoms with van der Waals surface area (Å²) in [6.07, 6.45) is 3.08. The van der Waals surface area contributed by atoms with Gasteiger partial charge in [0.2, 0.25) is 10.0 Å². The van der Waals surface area contributed by atoms with Crippen LogP contribution in [0.5, 0.6) is 0 Å². The molecular formula is C17H23ClN2O5S. The Hall–Kier alpha value is -1.64. The fraction of sp³-hybridized carbons (Fsp3) is 0.529. The molecule has 1 aromatic carbocycles. The van der Waals surface area contributed by atoms with Crippen LogP contribution in [0.1, 0.15) is 43.5 Å². The Morgan fingerprint density at radius 2 is 2.00 bits per heavy atom. The first kappa shape index (κ1) is 20.7. The fourth-order valence-corrected chi connectivity index (χ4v) is 3.82. The van der Waals surface area contributed by atoms with E-state index in [0.717, 1.165) is 25.3 Å². The number of ether oxygens (including phenoxy) is 1. The number of esters is 1. The zero-order valence-electron chi connectivity index (χ0n) is 14.7. The molecule has 3 atom stereocenters. The lowest BCUT2D eigenvalue weighted by Crippen LogP contribution is -2.45. The van der Waals surface area contributed by atoms with E-state index in [1.807, 2.05) is 0 Å². The van der Waals surface area contributed by atoms with Crippen molar-refractivity contribution in [3.63, 3.8) is 0 Å². The highest BCUT2D eigenvalue weighted by Gasteiger charge is 2.28. The van der Waals surface area contributed by atoms with Crippen LogP contribution in [0.2, 0.25) is 5.02 Å². The van der Waals surface area contributed by atoms with Gasteiger partial charge in [-0.3, -0.25) is 4.79 Å². The lowest BCUT2D eigenvalue weighted by molar-refractivity contribution is -0.125. The van der Waals surface area contributed by atoms with Gasteiger partial charge in [-0.2, -0.15) is 0 Å². The van der Waals surface area contributed by atoms with Gasteiger partial charge in [0.05, 0.1) is 15.5 Å². The highest BCUT2D eigenvalue weighted by molar-refractivity contribution is 7.89. The summed E-state index contributed by atoms with van der Waals surface area (Å²) in [7, 11) is -3.98. The number of carbonyl (C=O) groups is 2. The van der Waals surface area contributed by atoms with Gasteiger partial charge >= 0.3 is 5.97 Å². The molecule has 3 N–H and O–H groups in total. The number of primary sulfonamides is 1. The average Bonchev–Trinajstić information content (AvgIpc) is 2.56. The zero-order valence-corrected chi connectivity index (χ0v) is 16.3. The standard InChI is InChI=1S/C17H23ClN2O5S/c1-10-4-3-5-15(11(10)2)20-16(21)9-25-17(22)13-8-12(26(19,23)24)6-7-14(13)18/h6-8,10-11,15H,3-5,9H2,1-2H3,(H,20,21)(H2,19,23,24)/t10-,11+,15-/m0/s1. The number of hydrogen-bond acceptors (Lipinski definition) is 5. The van der Waals surface area contributed by atoms with Crippen molar-refractivity contribution in [3.8, 4) is 0 Å². The molecule has 0 unspecified atom stereocenters. The second-order valence-electron chi connectivity index (χ2n) is 6.70. The minimum Gasteiger partial charge on any atom is -0.452 e. The van der Waals surface area contributed by atoms with Crippen molar-refractivity contribution in [3.05, 3.63) is 28.8 Å². The summed E-state index contributed by atoms with van der Waals surface area (Å²) in [5.74, 6) is -0.413. The normalized spacial score (nSPS) is 23.3. The lowest BCUT2D eigenvalue weighted by Gasteiger charge is -2.34. The molecule has 26 heavy (non-hydrogen) atoms. The second-order valence-corrected chi connectivity index (χ2v) is 8.67. The Labute approximate surface area is 158 Å². The van der Waals surface area contributed by atoms with Gasteiger partial charge in [0.15, 0.2) is 6.61 Å². The SMILES string of the molecule is C[C@H]1[C@@H](NC(=O)COC(=O)c2cc(S(N)(=O)=O)ccc2Cl)CCC[C@@H]1C. The first-order valence-corrected chi connectivity index (χ1v) is 10.3. The van der Waals surface area contributed by atoms with Gasteiger partial charge in [0.25, 0.3) is 5.91 Å². The van der Waals surface area contributed by atoms with Crippen LogP contribution in [0.4, 0.5) is 0 Å². The van der Waals surface area contributed by atoms with Crippen LogP contribution in [0.15, 0.2) is 23.1 Å². The first-order valence-electron chi connectivity index (χ1n) is 8.38. The van der Waals surface area contributed by atoms with Crippen LogP contribution in [-0.2, 0) is 19.6 Å². The highest BCUT2D eigenvalue weighted by Crippen LogP contribution is 2.29. The molecule has 1 amide bonds. The molecule has 7 nitrogen and oxygen atoms in total. The number of hydrogen-bond donors (Lipinski definition) is 2. The third-order valence-electron chi connectivity index (χ3n) is 4.87. The quantitative estimate of drug-likeness (QED) is 0.731. The molecule has 1 aliphatic carbocycles. The van der Waals surface area contributed by atoms with E-state index < -0.39 is 28.5 Å². The van der Waals surface area contributed by atoms with Crippen molar-refractivity contribution in [1.82, 2.24) is 5.32 Å². The van der Waals surface area contributed by atoms with Crippen LogP contribution < -0.4 is 10.5 Å². The molecule has 0 heterocycles. The molecule has 0 aromatic heterocycles. The van der Waals surface area contributed by atoms with Crippen LogP contribution in [0.25, 0.3) is 0 Å². The summed E-state index contributed by atoms with van der Waals surface area (Å²) in [4.78, 5) is 23.9. The van der Waals surface area contributed by atoms with Crippen molar-refractivity contribution in [2.24, 2.45) is 17.0 Å². The summed E-state index contributed by atoms with van der Waals surface area (Å²) in [6, 6.07) is 3.51. The van der Waals surface area contributed by atoms with E-state index in [4.69, 9.17) is 21.5 Å². The van der Waals surface area contributed by atoms with Crippen LogP contribution >= 0.6 is 11.6 Å². The van der Waals surface area contributed by atoms with Crippen molar-refractivity contribution < 1.29 is 22.7 Å². The largest absolute Gasteiger partial charge is 0.452 e. The van der Waals surface area contributed by atoms with Gasteiger partial charge in [-0.1, -0.05) is 38.3 Å².